The molecule has 5 heterocycles. The first-order valence-electron chi connectivity index (χ1n) is 46.3. The molecule has 9 fully saturated rings. The van der Waals surface area contributed by atoms with Crippen molar-refractivity contribution in [1.82, 2.24) is 42.5 Å². The van der Waals surface area contributed by atoms with E-state index in [0.29, 0.717) is 47.3 Å². The van der Waals surface area contributed by atoms with Crippen LogP contribution >= 0.6 is 0 Å². The maximum atomic E-state index is 4.93. The normalized spacial score (nSPS) is 34.9. The first kappa shape index (κ1) is 85.6. The second-order valence-electron chi connectivity index (χ2n) is 36.4. The number of allylic oxidation sites excluding steroid dienone is 8. The Morgan fingerprint density at radius 3 is 0.365 bits per heavy atom. The van der Waals surface area contributed by atoms with Crippen molar-refractivity contribution < 1.29 is 0 Å². The predicted molar refractivity (Wildman–Crippen MR) is 451 cm³/mol. The Labute approximate surface area is 643 Å². The van der Waals surface area contributed by atoms with Crippen LogP contribution in [0.25, 0.3) is 0 Å². The van der Waals surface area contributed by atoms with Crippen molar-refractivity contribution in [2.24, 2.45) is 94.7 Å². The molecule has 0 aromatic rings. The highest BCUT2D eigenvalue weighted by Gasteiger charge is 2.61. The van der Waals surface area contributed by atoms with E-state index in [2.05, 4.69) is 101 Å². The van der Waals surface area contributed by atoms with Gasteiger partial charge in [0.1, 0.15) is 0 Å². The average Bonchev–Trinajstić information content (AvgIpc) is 1.58. The lowest BCUT2D eigenvalue weighted by molar-refractivity contribution is 0.0367. The zero-order valence-corrected chi connectivity index (χ0v) is 67.7. The summed E-state index contributed by atoms with van der Waals surface area (Å²) in [4.78, 5) is 0. The van der Waals surface area contributed by atoms with Gasteiger partial charge >= 0.3 is 0 Å². The van der Waals surface area contributed by atoms with Crippen molar-refractivity contribution in [2.75, 3.05) is 0 Å². The minimum absolute atomic E-state index is 0.260. The number of nitrogens with one attached hydrogen (secondary N) is 8. The summed E-state index contributed by atoms with van der Waals surface area (Å²) >= 11 is 0. The highest BCUT2D eigenvalue weighted by Crippen LogP contribution is 2.56. The quantitative estimate of drug-likeness (QED) is 0.0226. The molecule has 0 radical (unpaired) electrons. The van der Waals surface area contributed by atoms with Crippen molar-refractivity contribution in [3.05, 3.63) is 101 Å². The van der Waals surface area contributed by atoms with E-state index < -0.39 is 0 Å². The molecule has 5 saturated heterocycles. The highest BCUT2D eigenvalue weighted by atomic mass is 15.4. The summed E-state index contributed by atoms with van der Waals surface area (Å²) in [6.45, 7) is 33.0. The van der Waals surface area contributed by atoms with E-state index in [1.807, 2.05) is 0 Å². The van der Waals surface area contributed by atoms with Gasteiger partial charge in [-0.25, -0.2) is 0 Å². The van der Waals surface area contributed by atoms with Crippen molar-refractivity contribution >= 4 is 0 Å². The first-order chi connectivity index (χ1) is 51.4. The molecule has 8 N–H and O–H groups in total. The zero-order chi connectivity index (χ0) is 72.8. The van der Waals surface area contributed by atoms with E-state index in [1.54, 1.807) is 0 Å². The molecule has 8 heteroatoms. The fourth-order valence-corrected chi connectivity index (χ4v) is 24.5. The largest absolute Gasteiger partial charge is 0.286 e. The molecular weight excluding hydrogens is 1270 g/mol. The van der Waals surface area contributed by atoms with Crippen LogP contribution in [-0.2, 0) is 0 Å². The van der Waals surface area contributed by atoms with Crippen LogP contribution in [0.15, 0.2) is 101 Å². The molecule has 8 nitrogen and oxygen atoms in total. The summed E-state index contributed by atoms with van der Waals surface area (Å²) in [6, 6.07) is 0. The molecule has 9 rings (SSSR count). The fraction of sp³-hybridized carbons (Fsp3) is 0.833. The standard InChI is InChI=1S/C96H168N8/c1-9-17-25-33-41-49-57-73-65-66-74(58-50-42-34-26-18-10-2)82-81(73)89-97-90(82)102-92-85-77(61-53-45-37-29-21-13-5)69-70-78(62-54-46-38-30-22-14-6)86(85)94(99-92)104-96-88-80(64-56-48-40-32-24-16-8)72-71-79(63-55-47-39-31-23-15-7)87(88)95(100-96)103-93-84-76(60-52-44-36-28-20-12-4)68-67-75(83(84)91(98-93)101-89)59-51-43-35-27-19-11-3/h9-16,73-104H,1-8,17-72H2. The van der Waals surface area contributed by atoms with E-state index in [1.165, 1.54) is 308 Å². The Hall–Kier alpha value is -2.40. The zero-order valence-electron chi connectivity index (χ0n) is 67.7. The van der Waals surface area contributed by atoms with E-state index >= 15 is 0 Å². The molecule has 592 valence electrons. The third kappa shape index (κ3) is 25.8. The minimum Gasteiger partial charge on any atom is -0.286 e. The molecule has 4 aliphatic carbocycles. The van der Waals surface area contributed by atoms with Crippen molar-refractivity contribution in [3.8, 4) is 0 Å². The van der Waals surface area contributed by atoms with Gasteiger partial charge in [0.05, 0.1) is 49.3 Å². The molecule has 0 spiro atoms. The third-order valence-corrected chi connectivity index (χ3v) is 29.6. The summed E-state index contributed by atoms with van der Waals surface area (Å²) < 4.78 is 0. The summed E-state index contributed by atoms with van der Waals surface area (Å²) in [6.07, 6.45) is 93.4. The number of fused-ring (bicyclic) bond motifs is 20. The summed E-state index contributed by atoms with van der Waals surface area (Å²) in [5.74, 6) is 10.5. The van der Waals surface area contributed by atoms with Gasteiger partial charge in [0.2, 0.25) is 0 Å². The van der Waals surface area contributed by atoms with Gasteiger partial charge in [0.15, 0.2) is 0 Å². The van der Waals surface area contributed by atoms with Crippen LogP contribution < -0.4 is 42.5 Å². The molecule has 0 aromatic carbocycles. The topological polar surface area (TPSA) is 96.2 Å². The van der Waals surface area contributed by atoms with E-state index in [-0.39, 0.29) is 49.3 Å². The minimum atomic E-state index is 0.260. The molecule has 5 aliphatic heterocycles. The average molecular weight is 1430 g/mol. The van der Waals surface area contributed by atoms with Crippen molar-refractivity contribution in [1.29, 1.82) is 0 Å². The molecule has 8 bridgehead atoms. The van der Waals surface area contributed by atoms with E-state index in [0.717, 1.165) is 98.7 Å². The molecule has 9 aliphatic rings. The maximum Gasteiger partial charge on any atom is 0.0631 e. The van der Waals surface area contributed by atoms with Crippen LogP contribution in [0.3, 0.4) is 0 Å². The number of hydrogen-bond acceptors (Lipinski definition) is 8. The number of hydrogen-bond donors (Lipinski definition) is 8. The summed E-state index contributed by atoms with van der Waals surface area (Å²) in [5, 5.41) is 39.0. The summed E-state index contributed by atoms with van der Waals surface area (Å²) in [7, 11) is 0. The van der Waals surface area contributed by atoms with Gasteiger partial charge in [-0.2, -0.15) is 0 Å². The number of unbranched alkanes of at least 4 members (excludes halogenated alkanes) is 32. The molecule has 16 unspecified atom stereocenters. The van der Waals surface area contributed by atoms with Crippen LogP contribution in [0, 0.1) is 94.7 Å². The Balaban J connectivity index is 1.17. The smallest absolute Gasteiger partial charge is 0.0631 e. The van der Waals surface area contributed by atoms with Crippen LogP contribution in [0.4, 0.5) is 0 Å². The lowest BCUT2D eigenvalue weighted by Gasteiger charge is -2.46. The Bertz CT molecular complexity index is 1900. The van der Waals surface area contributed by atoms with Crippen molar-refractivity contribution in [2.45, 2.75) is 409 Å². The second kappa shape index (κ2) is 49.8. The van der Waals surface area contributed by atoms with Gasteiger partial charge in [-0.15, -0.1) is 52.6 Å². The van der Waals surface area contributed by atoms with Gasteiger partial charge in [-0.1, -0.05) is 254 Å². The molecule has 4 saturated carbocycles. The van der Waals surface area contributed by atoms with Crippen molar-refractivity contribution in [3.63, 3.8) is 0 Å². The monoisotopic (exact) mass is 1430 g/mol. The Kier molecular flexibility index (Phi) is 41.0. The van der Waals surface area contributed by atoms with Gasteiger partial charge in [0.25, 0.3) is 0 Å². The predicted octanol–water partition coefficient (Wildman–Crippen LogP) is 24.6. The third-order valence-electron chi connectivity index (χ3n) is 29.6. The van der Waals surface area contributed by atoms with E-state index in [9.17, 15) is 0 Å². The SMILES string of the molecule is C=CCCCCCCC1CCC(CCCCCCC=C)C2C3NC(NC4NC(NC5NC(NC6NC(N3)C3C(CCCCCCC=C)CCC(CCCCCCC=C)C63)C3C(CCCCCCC=C)CCC(CCCCCCC=C)C53)C3C(CCCCCCC=C)CCC(CCCCCCC=C)C43)C12. The van der Waals surface area contributed by atoms with Gasteiger partial charge in [-0.3, -0.25) is 42.5 Å². The highest BCUT2D eigenvalue weighted by molar-refractivity contribution is 5.14. The lowest BCUT2D eigenvalue weighted by atomic mass is 9.62. The summed E-state index contributed by atoms with van der Waals surface area (Å²) in [5.41, 5.74) is 0. The molecule has 104 heavy (non-hydrogen) atoms. The molecule has 16 atom stereocenters. The van der Waals surface area contributed by atoms with E-state index in [4.69, 9.17) is 42.5 Å². The maximum absolute atomic E-state index is 4.93. The Morgan fingerprint density at radius 2 is 0.260 bits per heavy atom. The van der Waals surface area contributed by atoms with Gasteiger partial charge < -0.3 is 0 Å². The molecule has 0 aromatic heterocycles. The van der Waals surface area contributed by atoms with Crippen LogP contribution in [0.1, 0.15) is 360 Å². The van der Waals surface area contributed by atoms with Crippen LogP contribution in [0.2, 0.25) is 0 Å². The molecule has 0 amide bonds. The fourth-order valence-electron chi connectivity index (χ4n) is 24.5. The molecular formula is C96H168N8. The van der Waals surface area contributed by atoms with Crippen LogP contribution in [0.5, 0.6) is 0 Å². The first-order valence-corrected chi connectivity index (χ1v) is 46.3. The second-order valence-corrected chi connectivity index (χ2v) is 36.4. The van der Waals surface area contributed by atoms with Crippen LogP contribution in [-0.4, -0.2) is 49.3 Å². The van der Waals surface area contributed by atoms with Gasteiger partial charge in [-0.05, 0) is 249 Å². The van der Waals surface area contributed by atoms with Gasteiger partial charge in [0, 0.05) is 0 Å². The number of rotatable bonds is 56. The lowest BCUT2D eigenvalue weighted by Crippen LogP contribution is -2.62. The Morgan fingerprint density at radius 1 is 0.154 bits per heavy atom.